The molecule has 1 amide bonds. The van der Waals surface area contributed by atoms with E-state index in [1.807, 2.05) is 6.92 Å². The fourth-order valence-electron chi connectivity index (χ4n) is 1.59. The number of rotatable bonds is 6. The molecule has 0 aliphatic rings. The Bertz CT molecular complexity index is 408. The second kappa shape index (κ2) is 6.85. The number of nitrogens with one attached hydrogen (secondary N) is 2. The van der Waals surface area contributed by atoms with Gasteiger partial charge in [-0.2, -0.15) is 0 Å². The van der Waals surface area contributed by atoms with Gasteiger partial charge in [0.15, 0.2) is 0 Å². The summed E-state index contributed by atoms with van der Waals surface area (Å²) >= 11 is 0. The van der Waals surface area contributed by atoms with Gasteiger partial charge in [-0.3, -0.25) is 9.59 Å². The summed E-state index contributed by atoms with van der Waals surface area (Å²) in [4.78, 5) is 25.4. The van der Waals surface area contributed by atoms with Gasteiger partial charge in [-0.1, -0.05) is 19.4 Å². The van der Waals surface area contributed by atoms with Crippen LogP contribution in [0.5, 0.6) is 0 Å². The summed E-state index contributed by atoms with van der Waals surface area (Å²) in [6, 6.07) is 4.47. The molecule has 0 bridgehead atoms. The lowest BCUT2D eigenvalue weighted by Gasteiger charge is -2.16. The molecule has 94 valence electrons. The van der Waals surface area contributed by atoms with E-state index in [2.05, 4.69) is 10.3 Å². The quantitative estimate of drug-likeness (QED) is 0.774. The topological polar surface area (TPSA) is 71.2 Å². The highest BCUT2D eigenvalue weighted by Crippen LogP contribution is 1.99. The molecule has 5 nitrogen and oxygen atoms in total. The Kier molecular flexibility index (Phi) is 5.42. The van der Waals surface area contributed by atoms with E-state index in [1.165, 1.54) is 6.07 Å². The Labute approximate surface area is 100 Å². The fourth-order valence-corrected chi connectivity index (χ4v) is 1.59. The van der Waals surface area contributed by atoms with Gasteiger partial charge in [0.1, 0.15) is 5.69 Å². The third-order valence-corrected chi connectivity index (χ3v) is 2.35. The summed E-state index contributed by atoms with van der Waals surface area (Å²) in [6.07, 6.45) is 1.80. The number of methoxy groups -OCH3 is 1. The summed E-state index contributed by atoms with van der Waals surface area (Å²) in [6.45, 7) is 2.51. The second-order valence-electron chi connectivity index (χ2n) is 3.84. The molecule has 1 unspecified atom stereocenters. The Morgan fingerprint density at radius 1 is 1.53 bits per heavy atom. The van der Waals surface area contributed by atoms with Crippen molar-refractivity contribution in [2.75, 3.05) is 13.7 Å². The van der Waals surface area contributed by atoms with Crippen LogP contribution < -0.4 is 10.9 Å². The van der Waals surface area contributed by atoms with Crippen LogP contribution in [0.3, 0.4) is 0 Å². The highest BCUT2D eigenvalue weighted by Gasteiger charge is 2.13. The SMILES string of the molecule is CCCC(COC)NC(=O)c1cccc(=O)[nH]1. The molecule has 0 fully saturated rings. The Hall–Kier alpha value is -1.62. The zero-order chi connectivity index (χ0) is 12.7. The van der Waals surface area contributed by atoms with Gasteiger partial charge in [-0.15, -0.1) is 0 Å². The molecular weight excluding hydrogens is 220 g/mol. The number of amides is 1. The van der Waals surface area contributed by atoms with Crippen LogP contribution in [0.1, 0.15) is 30.3 Å². The number of carbonyl (C=O) groups is 1. The molecule has 17 heavy (non-hydrogen) atoms. The number of hydrogen-bond donors (Lipinski definition) is 2. The van der Waals surface area contributed by atoms with E-state index >= 15 is 0 Å². The van der Waals surface area contributed by atoms with Crippen molar-refractivity contribution in [2.24, 2.45) is 0 Å². The van der Waals surface area contributed by atoms with Crippen molar-refractivity contribution in [3.05, 3.63) is 34.2 Å². The lowest BCUT2D eigenvalue weighted by atomic mass is 10.1. The summed E-state index contributed by atoms with van der Waals surface area (Å²) in [5.41, 5.74) is -0.00820. The van der Waals surface area contributed by atoms with E-state index in [0.29, 0.717) is 6.61 Å². The van der Waals surface area contributed by atoms with Crippen LogP contribution in [0.25, 0.3) is 0 Å². The molecule has 0 aromatic carbocycles. The molecule has 1 heterocycles. The van der Waals surface area contributed by atoms with Gasteiger partial charge in [0.05, 0.1) is 12.6 Å². The minimum Gasteiger partial charge on any atom is -0.383 e. The van der Waals surface area contributed by atoms with Crippen LogP contribution in [0.2, 0.25) is 0 Å². The predicted octanol–water partition coefficient (Wildman–Crippen LogP) is 0.920. The van der Waals surface area contributed by atoms with E-state index in [0.717, 1.165) is 12.8 Å². The largest absolute Gasteiger partial charge is 0.383 e. The lowest BCUT2D eigenvalue weighted by Crippen LogP contribution is -2.38. The van der Waals surface area contributed by atoms with Gasteiger partial charge in [0, 0.05) is 13.2 Å². The summed E-state index contributed by atoms with van der Waals surface area (Å²) < 4.78 is 5.03. The first kappa shape index (κ1) is 13.4. The van der Waals surface area contributed by atoms with Gasteiger partial charge in [0.25, 0.3) is 5.91 Å². The molecule has 0 aliphatic carbocycles. The number of pyridine rings is 1. The minimum atomic E-state index is -0.281. The molecule has 5 heteroatoms. The molecule has 0 spiro atoms. The number of aromatic amines is 1. The average Bonchev–Trinajstić information content (AvgIpc) is 2.29. The molecule has 0 saturated heterocycles. The highest BCUT2D eigenvalue weighted by molar-refractivity contribution is 5.92. The Morgan fingerprint density at radius 2 is 2.29 bits per heavy atom. The van der Waals surface area contributed by atoms with Crippen molar-refractivity contribution >= 4 is 5.91 Å². The van der Waals surface area contributed by atoms with Crippen LogP contribution >= 0.6 is 0 Å². The third-order valence-electron chi connectivity index (χ3n) is 2.35. The maximum Gasteiger partial charge on any atom is 0.268 e. The molecule has 0 aliphatic heterocycles. The van der Waals surface area contributed by atoms with Crippen molar-refractivity contribution in [3.8, 4) is 0 Å². The first-order valence-electron chi connectivity index (χ1n) is 5.66. The van der Waals surface area contributed by atoms with Gasteiger partial charge in [-0.05, 0) is 12.5 Å². The lowest BCUT2D eigenvalue weighted by molar-refractivity contribution is 0.0886. The molecule has 1 aromatic rings. The maximum absolute atomic E-state index is 11.8. The standard InChI is InChI=1S/C12H18N2O3/c1-3-5-9(8-17-2)13-12(16)10-6-4-7-11(15)14-10/h4,6-7,9H,3,5,8H2,1-2H3,(H,13,16)(H,14,15). The van der Waals surface area contributed by atoms with Crippen molar-refractivity contribution in [3.63, 3.8) is 0 Å². The first-order chi connectivity index (χ1) is 8.17. The zero-order valence-electron chi connectivity index (χ0n) is 10.2. The molecule has 1 aromatic heterocycles. The molecule has 1 rings (SSSR count). The van der Waals surface area contributed by atoms with Crippen LogP contribution in [0.15, 0.2) is 23.0 Å². The molecule has 2 N–H and O–H groups in total. The fraction of sp³-hybridized carbons (Fsp3) is 0.500. The smallest absolute Gasteiger partial charge is 0.268 e. The number of aromatic nitrogens is 1. The minimum absolute atomic E-state index is 0.0267. The van der Waals surface area contributed by atoms with Crippen LogP contribution in [-0.2, 0) is 4.74 Å². The Morgan fingerprint density at radius 3 is 2.88 bits per heavy atom. The summed E-state index contributed by atoms with van der Waals surface area (Å²) in [7, 11) is 1.60. The third kappa shape index (κ3) is 4.40. The second-order valence-corrected chi connectivity index (χ2v) is 3.84. The van der Waals surface area contributed by atoms with Crippen molar-refractivity contribution in [1.29, 1.82) is 0 Å². The predicted molar refractivity (Wildman–Crippen MR) is 65.1 cm³/mol. The Balaban J connectivity index is 2.66. The molecule has 0 radical (unpaired) electrons. The van der Waals surface area contributed by atoms with Gasteiger partial charge >= 0.3 is 0 Å². The zero-order valence-corrected chi connectivity index (χ0v) is 10.2. The molecule has 1 atom stereocenters. The summed E-state index contributed by atoms with van der Waals surface area (Å²) in [5.74, 6) is -0.279. The van der Waals surface area contributed by atoms with Gasteiger partial charge in [-0.25, -0.2) is 0 Å². The van der Waals surface area contributed by atoms with Crippen LogP contribution in [-0.4, -0.2) is 30.6 Å². The normalized spacial score (nSPS) is 12.1. The number of H-pyrrole nitrogens is 1. The first-order valence-corrected chi connectivity index (χ1v) is 5.66. The van der Waals surface area contributed by atoms with E-state index in [9.17, 15) is 9.59 Å². The van der Waals surface area contributed by atoms with Gasteiger partial charge < -0.3 is 15.0 Å². The molecule has 0 saturated carbocycles. The maximum atomic E-state index is 11.8. The van der Waals surface area contributed by atoms with Gasteiger partial charge in [0.2, 0.25) is 5.56 Å². The van der Waals surface area contributed by atoms with Crippen molar-refractivity contribution in [1.82, 2.24) is 10.3 Å². The van der Waals surface area contributed by atoms with E-state index < -0.39 is 0 Å². The van der Waals surface area contributed by atoms with Crippen molar-refractivity contribution in [2.45, 2.75) is 25.8 Å². The summed E-state index contributed by atoms with van der Waals surface area (Å²) in [5, 5.41) is 2.83. The van der Waals surface area contributed by atoms with Crippen LogP contribution in [0, 0.1) is 0 Å². The number of ether oxygens (including phenoxy) is 1. The average molecular weight is 238 g/mol. The molecular formula is C12H18N2O3. The van der Waals surface area contributed by atoms with E-state index in [1.54, 1.807) is 19.2 Å². The van der Waals surface area contributed by atoms with Crippen LogP contribution in [0.4, 0.5) is 0 Å². The number of hydrogen-bond acceptors (Lipinski definition) is 3. The van der Waals surface area contributed by atoms with E-state index in [-0.39, 0.29) is 23.2 Å². The highest BCUT2D eigenvalue weighted by atomic mass is 16.5. The monoisotopic (exact) mass is 238 g/mol. The van der Waals surface area contributed by atoms with Crippen molar-refractivity contribution < 1.29 is 9.53 Å². The van der Waals surface area contributed by atoms with E-state index in [4.69, 9.17) is 4.74 Å². The number of carbonyl (C=O) groups excluding carboxylic acids is 1.